The number of likely N-dealkylation sites (tertiary alicyclic amines) is 1. The van der Waals surface area contributed by atoms with E-state index in [0.717, 1.165) is 12.0 Å². The lowest BCUT2D eigenvalue weighted by atomic mass is 10.00. The van der Waals surface area contributed by atoms with Crippen molar-refractivity contribution in [2.24, 2.45) is 5.92 Å². The van der Waals surface area contributed by atoms with E-state index in [9.17, 15) is 0 Å². The van der Waals surface area contributed by atoms with Gasteiger partial charge in [-0.15, -0.1) is 0 Å². The Labute approximate surface area is 76.1 Å². The molecule has 2 rings (SSSR count). The Morgan fingerprint density at radius 1 is 1.17 bits per heavy atom. The fourth-order valence-corrected chi connectivity index (χ4v) is 2.39. The quantitative estimate of drug-likeness (QED) is 0.624. The highest BCUT2D eigenvalue weighted by Gasteiger charge is 2.28. The van der Waals surface area contributed by atoms with Gasteiger partial charge >= 0.3 is 0 Å². The average Bonchev–Trinajstić information content (AvgIpc) is 2.89. The SMILES string of the molecule is CCC1CCCCN1CC1CC1. The summed E-state index contributed by atoms with van der Waals surface area (Å²) in [6.45, 7) is 5.14. The first-order chi connectivity index (χ1) is 5.90. The Hall–Kier alpha value is -0.0400. The van der Waals surface area contributed by atoms with Gasteiger partial charge in [-0.05, 0) is 44.6 Å². The molecule has 0 bridgehead atoms. The fraction of sp³-hybridized carbons (Fsp3) is 1.00. The first-order valence-corrected chi connectivity index (χ1v) is 5.64. The molecule has 2 aliphatic rings. The second-order valence-electron chi connectivity index (χ2n) is 4.50. The van der Waals surface area contributed by atoms with Gasteiger partial charge in [-0.1, -0.05) is 13.3 Å². The minimum absolute atomic E-state index is 0.930. The number of nitrogens with zero attached hydrogens (tertiary/aromatic N) is 1. The summed E-state index contributed by atoms with van der Waals surface area (Å²) in [6.07, 6.45) is 8.76. The third kappa shape index (κ3) is 2.01. The van der Waals surface area contributed by atoms with E-state index in [2.05, 4.69) is 11.8 Å². The molecule has 0 radical (unpaired) electrons. The van der Waals surface area contributed by atoms with Crippen LogP contribution < -0.4 is 0 Å². The van der Waals surface area contributed by atoms with Gasteiger partial charge in [-0.2, -0.15) is 0 Å². The lowest BCUT2D eigenvalue weighted by Crippen LogP contribution is -2.40. The molecule has 12 heavy (non-hydrogen) atoms. The number of piperidine rings is 1. The smallest absolute Gasteiger partial charge is 0.00927 e. The van der Waals surface area contributed by atoms with Crippen LogP contribution in [0.2, 0.25) is 0 Å². The molecule has 1 atom stereocenters. The predicted octanol–water partition coefficient (Wildman–Crippen LogP) is 2.66. The molecule has 1 aliphatic carbocycles. The standard InChI is InChI=1S/C11H21N/c1-2-11-5-3-4-8-12(11)9-10-6-7-10/h10-11H,2-9H2,1H3. The number of rotatable bonds is 3. The maximum atomic E-state index is 2.75. The largest absolute Gasteiger partial charge is 0.300 e. The normalized spacial score (nSPS) is 32.2. The van der Waals surface area contributed by atoms with Crippen molar-refractivity contribution < 1.29 is 0 Å². The summed E-state index contributed by atoms with van der Waals surface area (Å²) in [5.41, 5.74) is 0. The molecule has 70 valence electrons. The number of hydrogen-bond donors (Lipinski definition) is 0. The minimum atomic E-state index is 0.930. The van der Waals surface area contributed by atoms with Crippen LogP contribution in [0.3, 0.4) is 0 Å². The van der Waals surface area contributed by atoms with Crippen LogP contribution in [-0.2, 0) is 0 Å². The topological polar surface area (TPSA) is 3.24 Å². The summed E-state index contributed by atoms with van der Waals surface area (Å²) >= 11 is 0. The van der Waals surface area contributed by atoms with Crippen molar-refractivity contribution in [2.75, 3.05) is 13.1 Å². The lowest BCUT2D eigenvalue weighted by Gasteiger charge is -2.35. The molecular weight excluding hydrogens is 146 g/mol. The zero-order valence-electron chi connectivity index (χ0n) is 8.26. The Bertz CT molecular complexity index is 140. The van der Waals surface area contributed by atoms with E-state index >= 15 is 0 Å². The van der Waals surface area contributed by atoms with Crippen molar-refractivity contribution in [2.45, 2.75) is 51.5 Å². The molecule has 1 nitrogen and oxygen atoms in total. The van der Waals surface area contributed by atoms with Gasteiger partial charge in [0.1, 0.15) is 0 Å². The van der Waals surface area contributed by atoms with Crippen LogP contribution in [0.1, 0.15) is 45.4 Å². The zero-order valence-corrected chi connectivity index (χ0v) is 8.26. The summed E-state index contributed by atoms with van der Waals surface area (Å²) in [5, 5.41) is 0. The van der Waals surface area contributed by atoms with Gasteiger partial charge < -0.3 is 4.90 Å². The van der Waals surface area contributed by atoms with Crippen molar-refractivity contribution in [1.29, 1.82) is 0 Å². The van der Waals surface area contributed by atoms with Gasteiger partial charge in [0.15, 0.2) is 0 Å². The first-order valence-electron chi connectivity index (χ1n) is 5.64. The Morgan fingerprint density at radius 3 is 2.67 bits per heavy atom. The second-order valence-corrected chi connectivity index (χ2v) is 4.50. The predicted molar refractivity (Wildman–Crippen MR) is 52.2 cm³/mol. The van der Waals surface area contributed by atoms with Crippen LogP contribution in [-0.4, -0.2) is 24.0 Å². The third-order valence-electron chi connectivity index (χ3n) is 3.41. The molecule has 1 unspecified atom stereocenters. The van der Waals surface area contributed by atoms with Crippen LogP contribution in [0.4, 0.5) is 0 Å². The molecule has 0 aromatic rings. The van der Waals surface area contributed by atoms with Crippen LogP contribution in [0.5, 0.6) is 0 Å². The summed E-state index contributed by atoms with van der Waals surface area (Å²) < 4.78 is 0. The van der Waals surface area contributed by atoms with E-state index in [1.165, 1.54) is 51.6 Å². The highest BCUT2D eigenvalue weighted by Crippen LogP contribution is 2.32. The Morgan fingerprint density at radius 2 is 2.00 bits per heavy atom. The van der Waals surface area contributed by atoms with E-state index in [1.54, 1.807) is 0 Å². The van der Waals surface area contributed by atoms with Gasteiger partial charge in [0.25, 0.3) is 0 Å². The van der Waals surface area contributed by atoms with Crippen molar-refractivity contribution in [3.05, 3.63) is 0 Å². The molecule has 1 heterocycles. The van der Waals surface area contributed by atoms with Crippen molar-refractivity contribution >= 4 is 0 Å². The van der Waals surface area contributed by atoms with Gasteiger partial charge in [0.2, 0.25) is 0 Å². The first kappa shape index (κ1) is 8.55. The molecule has 2 fully saturated rings. The zero-order chi connectivity index (χ0) is 8.39. The molecule has 0 aromatic carbocycles. The highest BCUT2D eigenvalue weighted by molar-refractivity contribution is 4.82. The molecule has 1 heteroatoms. The highest BCUT2D eigenvalue weighted by atomic mass is 15.2. The second kappa shape index (κ2) is 3.78. The summed E-state index contributed by atoms with van der Waals surface area (Å²) in [7, 11) is 0. The molecule has 1 aliphatic heterocycles. The molecule has 0 N–H and O–H groups in total. The molecular formula is C11H21N. The monoisotopic (exact) mass is 167 g/mol. The van der Waals surface area contributed by atoms with Gasteiger partial charge in [0.05, 0.1) is 0 Å². The number of hydrogen-bond acceptors (Lipinski definition) is 1. The van der Waals surface area contributed by atoms with Crippen LogP contribution in [0, 0.1) is 5.92 Å². The lowest BCUT2D eigenvalue weighted by molar-refractivity contribution is 0.138. The Balaban J connectivity index is 1.81. The van der Waals surface area contributed by atoms with Crippen molar-refractivity contribution in [3.8, 4) is 0 Å². The van der Waals surface area contributed by atoms with Crippen LogP contribution in [0.25, 0.3) is 0 Å². The molecule has 0 spiro atoms. The van der Waals surface area contributed by atoms with Crippen molar-refractivity contribution in [3.63, 3.8) is 0 Å². The average molecular weight is 167 g/mol. The maximum Gasteiger partial charge on any atom is 0.00927 e. The van der Waals surface area contributed by atoms with Gasteiger partial charge in [0, 0.05) is 12.6 Å². The third-order valence-corrected chi connectivity index (χ3v) is 3.41. The molecule has 1 saturated heterocycles. The van der Waals surface area contributed by atoms with Crippen LogP contribution >= 0.6 is 0 Å². The van der Waals surface area contributed by atoms with E-state index in [-0.39, 0.29) is 0 Å². The summed E-state index contributed by atoms with van der Waals surface area (Å²) in [4.78, 5) is 2.75. The van der Waals surface area contributed by atoms with Crippen LogP contribution in [0.15, 0.2) is 0 Å². The minimum Gasteiger partial charge on any atom is -0.300 e. The Kier molecular flexibility index (Phi) is 2.69. The molecule has 0 amide bonds. The maximum absolute atomic E-state index is 2.75. The van der Waals surface area contributed by atoms with Gasteiger partial charge in [-0.25, -0.2) is 0 Å². The summed E-state index contributed by atoms with van der Waals surface area (Å²) in [5.74, 6) is 1.08. The van der Waals surface area contributed by atoms with E-state index in [4.69, 9.17) is 0 Å². The van der Waals surface area contributed by atoms with Gasteiger partial charge in [-0.3, -0.25) is 0 Å². The van der Waals surface area contributed by atoms with E-state index < -0.39 is 0 Å². The molecule has 1 saturated carbocycles. The fourth-order valence-electron chi connectivity index (χ4n) is 2.39. The van der Waals surface area contributed by atoms with Crippen molar-refractivity contribution in [1.82, 2.24) is 4.90 Å². The van der Waals surface area contributed by atoms with E-state index in [0.29, 0.717) is 0 Å². The van der Waals surface area contributed by atoms with E-state index in [1.807, 2.05) is 0 Å². The summed E-state index contributed by atoms with van der Waals surface area (Å²) in [6, 6.07) is 0.930. The molecule has 0 aromatic heterocycles.